The maximum absolute atomic E-state index is 4.30. The van der Waals surface area contributed by atoms with Gasteiger partial charge in [-0.2, -0.15) is 0 Å². The third-order valence-corrected chi connectivity index (χ3v) is 3.24. The third-order valence-electron chi connectivity index (χ3n) is 3.24. The molecule has 1 aliphatic heterocycles. The van der Waals surface area contributed by atoms with Gasteiger partial charge in [-0.1, -0.05) is 6.07 Å². The van der Waals surface area contributed by atoms with E-state index in [0.717, 1.165) is 0 Å². The smallest absolute Gasteiger partial charge is 0.0366 e. The highest BCUT2D eigenvalue weighted by atomic mass is 15.2. The van der Waals surface area contributed by atoms with E-state index in [-0.39, 0.29) is 0 Å². The number of aromatic nitrogens is 1. The molecule has 1 fully saturated rings. The maximum Gasteiger partial charge on any atom is 0.0366 e. The molecule has 1 saturated heterocycles. The average Bonchev–Trinajstić information content (AvgIpc) is 2.65. The zero-order valence-electron chi connectivity index (χ0n) is 9.90. The molecule has 0 bridgehead atoms. The van der Waals surface area contributed by atoms with Crippen molar-refractivity contribution in [3.63, 3.8) is 0 Å². The molecular weight excluding hydrogens is 184 g/mol. The molecule has 82 valence electrons. The second-order valence-corrected chi connectivity index (χ2v) is 4.79. The van der Waals surface area contributed by atoms with Crippen molar-refractivity contribution in [2.75, 3.05) is 6.54 Å². The number of hydrogen-bond acceptors (Lipinski definition) is 2. The van der Waals surface area contributed by atoms with Gasteiger partial charge in [0.05, 0.1) is 0 Å². The van der Waals surface area contributed by atoms with Gasteiger partial charge in [0, 0.05) is 24.5 Å². The fraction of sp³-hybridized carbons (Fsp3) is 0.615. The van der Waals surface area contributed by atoms with Crippen molar-refractivity contribution in [1.82, 2.24) is 9.88 Å². The van der Waals surface area contributed by atoms with Crippen LogP contribution in [-0.4, -0.2) is 22.5 Å². The summed E-state index contributed by atoms with van der Waals surface area (Å²) in [6.07, 6.45) is 6.55. The summed E-state index contributed by atoms with van der Waals surface area (Å²) < 4.78 is 0. The Balaban J connectivity index is 2.22. The second-order valence-electron chi connectivity index (χ2n) is 4.79. The summed E-state index contributed by atoms with van der Waals surface area (Å²) in [6, 6.07) is 3.51. The summed E-state index contributed by atoms with van der Waals surface area (Å²) >= 11 is 0. The number of aryl methyl sites for hydroxylation is 1. The summed E-state index contributed by atoms with van der Waals surface area (Å²) in [5, 5.41) is 0. The van der Waals surface area contributed by atoms with Crippen LogP contribution in [0.15, 0.2) is 18.5 Å². The van der Waals surface area contributed by atoms with E-state index in [2.05, 4.69) is 36.7 Å². The normalized spacial score (nSPS) is 22.5. The molecule has 0 N–H and O–H groups in total. The monoisotopic (exact) mass is 204 g/mol. The summed E-state index contributed by atoms with van der Waals surface area (Å²) in [6.45, 7) is 7.91. The van der Waals surface area contributed by atoms with Gasteiger partial charge < -0.3 is 0 Å². The lowest BCUT2D eigenvalue weighted by Gasteiger charge is -2.28. The van der Waals surface area contributed by atoms with E-state index in [9.17, 15) is 0 Å². The van der Waals surface area contributed by atoms with E-state index >= 15 is 0 Å². The number of hydrogen-bond donors (Lipinski definition) is 0. The lowest BCUT2D eigenvalue weighted by Crippen LogP contribution is -2.30. The minimum Gasteiger partial charge on any atom is -0.294 e. The van der Waals surface area contributed by atoms with Crippen LogP contribution in [0.4, 0.5) is 0 Å². The largest absolute Gasteiger partial charge is 0.294 e. The molecule has 0 amide bonds. The van der Waals surface area contributed by atoms with Crippen LogP contribution in [0.25, 0.3) is 0 Å². The number of pyridine rings is 1. The zero-order valence-corrected chi connectivity index (χ0v) is 9.90. The van der Waals surface area contributed by atoms with Crippen LogP contribution in [-0.2, 0) is 0 Å². The van der Waals surface area contributed by atoms with E-state index in [1.54, 1.807) is 0 Å². The molecule has 2 heteroatoms. The van der Waals surface area contributed by atoms with Crippen LogP contribution in [0.1, 0.15) is 43.9 Å². The Hall–Kier alpha value is -0.890. The minimum atomic E-state index is 0.595. The lowest BCUT2D eigenvalue weighted by molar-refractivity contribution is 0.205. The van der Waals surface area contributed by atoms with Gasteiger partial charge in [-0.05, 0) is 51.3 Å². The standard InChI is InChI=1S/C13H20N2/c1-10(2)15-6-4-5-13(15)12-7-11(3)8-14-9-12/h7-10,13H,4-6H2,1-3H3/t13-/m0/s1. The summed E-state index contributed by atoms with van der Waals surface area (Å²) in [4.78, 5) is 6.88. The predicted octanol–water partition coefficient (Wildman–Crippen LogP) is 2.94. The Morgan fingerprint density at radius 2 is 2.20 bits per heavy atom. The molecule has 0 spiro atoms. The molecule has 1 aromatic heterocycles. The first kappa shape index (κ1) is 10.6. The zero-order chi connectivity index (χ0) is 10.8. The van der Waals surface area contributed by atoms with Crippen LogP contribution < -0.4 is 0 Å². The summed E-state index contributed by atoms with van der Waals surface area (Å²) in [5.41, 5.74) is 2.66. The molecule has 15 heavy (non-hydrogen) atoms. The van der Waals surface area contributed by atoms with Crippen molar-refractivity contribution < 1.29 is 0 Å². The van der Waals surface area contributed by atoms with E-state index in [4.69, 9.17) is 0 Å². The van der Waals surface area contributed by atoms with E-state index in [1.165, 1.54) is 30.5 Å². The minimum absolute atomic E-state index is 0.595. The molecule has 1 atom stereocenters. The molecule has 0 unspecified atom stereocenters. The summed E-state index contributed by atoms with van der Waals surface area (Å²) in [5.74, 6) is 0. The van der Waals surface area contributed by atoms with Gasteiger partial charge in [0.15, 0.2) is 0 Å². The van der Waals surface area contributed by atoms with Crippen LogP contribution in [0.3, 0.4) is 0 Å². The third kappa shape index (κ3) is 2.20. The average molecular weight is 204 g/mol. The fourth-order valence-electron chi connectivity index (χ4n) is 2.53. The Kier molecular flexibility index (Phi) is 3.06. The quantitative estimate of drug-likeness (QED) is 0.736. The fourth-order valence-corrected chi connectivity index (χ4v) is 2.53. The number of rotatable bonds is 2. The SMILES string of the molecule is Cc1cncc([C@@H]2CCCN2C(C)C)c1. The predicted molar refractivity (Wildman–Crippen MR) is 62.8 cm³/mol. The lowest BCUT2D eigenvalue weighted by atomic mass is 10.0. The molecule has 1 aromatic rings. The van der Waals surface area contributed by atoms with Crippen molar-refractivity contribution in [3.05, 3.63) is 29.6 Å². The first-order valence-corrected chi connectivity index (χ1v) is 5.86. The first-order chi connectivity index (χ1) is 7.18. The topological polar surface area (TPSA) is 16.1 Å². The molecule has 1 aliphatic rings. The molecular formula is C13H20N2. The Bertz CT molecular complexity index is 333. The van der Waals surface area contributed by atoms with Crippen molar-refractivity contribution in [2.24, 2.45) is 0 Å². The highest BCUT2D eigenvalue weighted by Gasteiger charge is 2.27. The Morgan fingerprint density at radius 1 is 1.40 bits per heavy atom. The first-order valence-electron chi connectivity index (χ1n) is 5.86. The van der Waals surface area contributed by atoms with Crippen LogP contribution in [0.5, 0.6) is 0 Å². The maximum atomic E-state index is 4.30. The van der Waals surface area contributed by atoms with Gasteiger partial charge in [0.25, 0.3) is 0 Å². The molecule has 2 heterocycles. The van der Waals surface area contributed by atoms with Gasteiger partial charge in [-0.15, -0.1) is 0 Å². The Labute approximate surface area is 92.3 Å². The van der Waals surface area contributed by atoms with Crippen molar-refractivity contribution >= 4 is 0 Å². The molecule has 0 radical (unpaired) electrons. The Morgan fingerprint density at radius 3 is 2.87 bits per heavy atom. The van der Waals surface area contributed by atoms with Crippen LogP contribution in [0.2, 0.25) is 0 Å². The van der Waals surface area contributed by atoms with Gasteiger partial charge >= 0.3 is 0 Å². The van der Waals surface area contributed by atoms with Crippen LogP contribution in [0, 0.1) is 6.92 Å². The number of nitrogens with zero attached hydrogens (tertiary/aromatic N) is 2. The highest BCUT2D eigenvalue weighted by molar-refractivity contribution is 5.21. The van der Waals surface area contributed by atoms with E-state index in [1.807, 2.05) is 12.4 Å². The van der Waals surface area contributed by atoms with Crippen molar-refractivity contribution in [2.45, 2.75) is 45.7 Å². The van der Waals surface area contributed by atoms with Crippen molar-refractivity contribution in [1.29, 1.82) is 0 Å². The molecule has 2 nitrogen and oxygen atoms in total. The molecule has 0 aliphatic carbocycles. The van der Waals surface area contributed by atoms with E-state index < -0.39 is 0 Å². The van der Waals surface area contributed by atoms with E-state index in [0.29, 0.717) is 12.1 Å². The van der Waals surface area contributed by atoms with Crippen molar-refractivity contribution in [3.8, 4) is 0 Å². The molecule has 2 rings (SSSR count). The summed E-state index contributed by atoms with van der Waals surface area (Å²) in [7, 11) is 0. The molecule has 0 saturated carbocycles. The van der Waals surface area contributed by atoms with Gasteiger partial charge in [-0.3, -0.25) is 9.88 Å². The van der Waals surface area contributed by atoms with Gasteiger partial charge in [0.1, 0.15) is 0 Å². The van der Waals surface area contributed by atoms with Gasteiger partial charge in [0.2, 0.25) is 0 Å². The van der Waals surface area contributed by atoms with Crippen LogP contribution >= 0.6 is 0 Å². The molecule has 0 aromatic carbocycles. The second kappa shape index (κ2) is 4.31. The number of likely N-dealkylation sites (tertiary alicyclic amines) is 1. The van der Waals surface area contributed by atoms with Gasteiger partial charge in [-0.25, -0.2) is 0 Å². The highest BCUT2D eigenvalue weighted by Crippen LogP contribution is 2.33.